The molecule has 0 saturated heterocycles. The van der Waals surface area contributed by atoms with Crippen molar-refractivity contribution in [2.24, 2.45) is 5.92 Å². The lowest BCUT2D eigenvalue weighted by Crippen LogP contribution is -2.10. The lowest BCUT2D eigenvalue weighted by atomic mass is 10.1. The van der Waals surface area contributed by atoms with Gasteiger partial charge < -0.3 is 14.8 Å². The molecule has 1 aromatic carbocycles. The molecular weight excluding hydrogens is 202 g/mol. The van der Waals surface area contributed by atoms with Crippen molar-refractivity contribution >= 4 is 0 Å². The van der Waals surface area contributed by atoms with Gasteiger partial charge in [-0.1, -0.05) is 12.1 Å². The normalized spacial score (nSPS) is 22.9. The van der Waals surface area contributed by atoms with E-state index in [4.69, 9.17) is 9.47 Å². The van der Waals surface area contributed by atoms with Crippen LogP contribution in [0.15, 0.2) is 18.2 Å². The molecule has 0 heterocycles. The maximum atomic E-state index is 5.45. The third-order valence-electron chi connectivity index (χ3n) is 3.22. The number of hydrogen-bond donors (Lipinski definition) is 1. The molecule has 2 rings (SSSR count). The molecule has 0 unspecified atom stereocenters. The maximum absolute atomic E-state index is 5.45. The van der Waals surface area contributed by atoms with Gasteiger partial charge in [0.05, 0.1) is 14.2 Å². The van der Waals surface area contributed by atoms with Crippen molar-refractivity contribution in [3.63, 3.8) is 0 Å². The summed E-state index contributed by atoms with van der Waals surface area (Å²) in [6, 6.07) is 6.12. The van der Waals surface area contributed by atoms with Crippen molar-refractivity contribution < 1.29 is 9.47 Å². The van der Waals surface area contributed by atoms with Gasteiger partial charge in [0.15, 0.2) is 11.5 Å². The van der Waals surface area contributed by atoms with E-state index in [0.29, 0.717) is 5.92 Å². The summed E-state index contributed by atoms with van der Waals surface area (Å²) in [6.07, 6.45) is 1.24. The lowest BCUT2D eigenvalue weighted by molar-refractivity contribution is 0.351. The predicted molar refractivity (Wildman–Crippen MR) is 64.3 cm³/mol. The van der Waals surface area contributed by atoms with Gasteiger partial charge in [0.1, 0.15) is 0 Å². The molecule has 1 aliphatic carbocycles. The van der Waals surface area contributed by atoms with Gasteiger partial charge in [-0.15, -0.1) is 0 Å². The van der Waals surface area contributed by atoms with E-state index in [2.05, 4.69) is 11.4 Å². The monoisotopic (exact) mass is 221 g/mol. The average molecular weight is 221 g/mol. The minimum Gasteiger partial charge on any atom is -0.493 e. The minimum absolute atomic E-state index is 0.623. The number of ether oxygens (including phenoxy) is 2. The average Bonchev–Trinajstić information content (AvgIpc) is 3.07. The third kappa shape index (κ3) is 2.00. The van der Waals surface area contributed by atoms with Crippen molar-refractivity contribution in [2.45, 2.75) is 12.3 Å². The van der Waals surface area contributed by atoms with Gasteiger partial charge >= 0.3 is 0 Å². The van der Waals surface area contributed by atoms with Crippen molar-refractivity contribution in [3.8, 4) is 11.5 Å². The molecule has 1 aliphatic rings. The predicted octanol–water partition coefficient (Wildman–Crippen LogP) is 2.03. The Balaban J connectivity index is 2.21. The third-order valence-corrected chi connectivity index (χ3v) is 3.22. The first-order valence-corrected chi connectivity index (χ1v) is 5.67. The van der Waals surface area contributed by atoms with Crippen LogP contribution in [0.2, 0.25) is 0 Å². The van der Waals surface area contributed by atoms with Crippen molar-refractivity contribution in [1.82, 2.24) is 5.32 Å². The van der Waals surface area contributed by atoms with Crippen molar-refractivity contribution in [3.05, 3.63) is 23.8 Å². The van der Waals surface area contributed by atoms with E-state index in [1.807, 2.05) is 19.2 Å². The first kappa shape index (κ1) is 11.3. The van der Waals surface area contributed by atoms with Crippen LogP contribution in [0.1, 0.15) is 17.9 Å². The highest BCUT2D eigenvalue weighted by Crippen LogP contribution is 2.51. The largest absolute Gasteiger partial charge is 0.493 e. The van der Waals surface area contributed by atoms with Crippen LogP contribution in [0.4, 0.5) is 0 Å². The highest BCUT2D eigenvalue weighted by atomic mass is 16.5. The maximum Gasteiger partial charge on any atom is 0.164 e. The molecule has 0 aliphatic heterocycles. The Hall–Kier alpha value is -1.22. The molecular formula is C13H19NO2. The smallest absolute Gasteiger partial charge is 0.164 e. The fraction of sp³-hybridized carbons (Fsp3) is 0.538. The summed E-state index contributed by atoms with van der Waals surface area (Å²) < 4.78 is 10.8. The number of nitrogens with one attached hydrogen (secondary N) is 1. The van der Waals surface area contributed by atoms with Gasteiger partial charge in [-0.05, 0) is 37.9 Å². The highest BCUT2D eigenvalue weighted by Gasteiger charge is 2.39. The molecule has 0 radical (unpaired) electrons. The van der Waals surface area contributed by atoms with E-state index in [-0.39, 0.29) is 0 Å². The Morgan fingerprint density at radius 1 is 1.31 bits per heavy atom. The summed E-state index contributed by atoms with van der Waals surface area (Å²) in [4.78, 5) is 0. The first-order chi connectivity index (χ1) is 7.81. The fourth-order valence-corrected chi connectivity index (χ4v) is 2.32. The fourth-order valence-electron chi connectivity index (χ4n) is 2.32. The standard InChI is InChI=1S/C13H19NO2/c1-14-8-9-7-11(9)10-5-4-6-12(15-2)13(10)16-3/h4-6,9,11,14H,7-8H2,1-3H3/t9-,11-/m1/s1. The molecule has 1 N–H and O–H groups in total. The lowest BCUT2D eigenvalue weighted by Gasteiger charge is -2.12. The number of benzene rings is 1. The number of rotatable bonds is 5. The summed E-state index contributed by atoms with van der Waals surface area (Å²) in [5, 5.41) is 3.22. The second kappa shape index (κ2) is 4.74. The number of methoxy groups -OCH3 is 2. The van der Waals surface area contributed by atoms with Crippen LogP contribution in [0.5, 0.6) is 11.5 Å². The van der Waals surface area contributed by atoms with E-state index in [0.717, 1.165) is 24.0 Å². The summed E-state index contributed by atoms with van der Waals surface area (Å²) in [7, 11) is 5.38. The zero-order valence-corrected chi connectivity index (χ0v) is 10.1. The number of hydrogen-bond acceptors (Lipinski definition) is 3. The Morgan fingerprint density at radius 3 is 2.75 bits per heavy atom. The SMILES string of the molecule is CNC[C@H]1C[C@H]1c1cccc(OC)c1OC. The molecule has 88 valence electrons. The Morgan fingerprint density at radius 2 is 2.12 bits per heavy atom. The number of para-hydroxylation sites is 1. The summed E-state index contributed by atoms with van der Waals surface area (Å²) in [5.41, 5.74) is 1.28. The summed E-state index contributed by atoms with van der Waals surface area (Å²) in [6.45, 7) is 1.07. The second-order valence-corrected chi connectivity index (χ2v) is 4.24. The topological polar surface area (TPSA) is 30.5 Å². The van der Waals surface area contributed by atoms with Crippen LogP contribution in [0.25, 0.3) is 0 Å². The summed E-state index contributed by atoms with van der Waals surface area (Å²) >= 11 is 0. The molecule has 3 heteroatoms. The molecule has 1 saturated carbocycles. The molecule has 0 bridgehead atoms. The van der Waals surface area contributed by atoms with Gasteiger partial charge in [0, 0.05) is 5.56 Å². The van der Waals surface area contributed by atoms with Crippen LogP contribution in [0, 0.1) is 5.92 Å². The molecule has 1 aromatic rings. The zero-order valence-electron chi connectivity index (χ0n) is 10.1. The van der Waals surface area contributed by atoms with E-state index in [9.17, 15) is 0 Å². The van der Waals surface area contributed by atoms with Crippen LogP contribution in [-0.2, 0) is 0 Å². The second-order valence-electron chi connectivity index (χ2n) is 4.24. The van der Waals surface area contributed by atoms with Gasteiger partial charge in [0.25, 0.3) is 0 Å². The Kier molecular flexibility index (Phi) is 3.34. The van der Waals surface area contributed by atoms with E-state index in [1.54, 1.807) is 14.2 Å². The molecule has 1 fully saturated rings. The quantitative estimate of drug-likeness (QED) is 0.825. The molecule has 0 aromatic heterocycles. The molecule has 3 nitrogen and oxygen atoms in total. The van der Waals surface area contributed by atoms with Crippen molar-refractivity contribution in [2.75, 3.05) is 27.8 Å². The zero-order chi connectivity index (χ0) is 11.5. The van der Waals surface area contributed by atoms with Crippen LogP contribution in [0.3, 0.4) is 0 Å². The van der Waals surface area contributed by atoms with E-state index >= 15 is 0 Å². The van der Waals surface area contributed by atoms with Crippen LogP contribution >= 0.6 is 0 Å². The Labute approximate surface area is 96.8 Å². The van der Waals surface area contributed by atoms with Gasteiger partial charge in [-0.3, -0.25) is 0 Å². The van der Waals surface area contributed by atoms with Crippen LogP contribution < -0.4 is 14.8 Å². The Bertz CT molecular complexity index is 365. The highest BCUT2D eigenvalue weighted by molar-refractivity contribution is 5.50. The molecule has 0 amide bonds. The van der Waals surface area contributed by atoms with E-state index in [1.165, 1.54) is 12.0 Å². The van der Waals surface area contributed by atoms with Gasteiger partial charge in [-0.2, -0.15) is 0 Å². The van der Waals surface area contributed by atoms with Gasteiger partial charge in [-0.25, -0.2) is 0 Å². The molecule has 0 spiro atoms. The first-order valence-electron chi connectivity index (χ1n) is 5.67. The van der Waals surface area contributed by atoms with Crippen molar-refractivity contribution in [1.29, 1.82) is 0 Å². The van der Waals surface area contributed by atoms with Gasteiger partial charge in [0.2, 0.25) is 0 Å². The summed E-state index contributed by atoms with van der Waals surface area (Å²) in [5.74, 6) is 3.09. The van der Waals surface area contributed by atoms with E-state index < -0.39 is 0 Å². The molecule has 2 atom stereocenters. The minimum atomic E-state index is 0.623. The van der Waals surface area contributed by atoms with Crippen LogP contribution in [-0.4, -0.2) is 27.8 Å². The molecule has 16 heavy (non-hydrogen) atoms.